The van der Waals surface area contributed by atoms with E-state index in [1.807, 2.05) is 0 Å². The first-order valence-electron chi connectivity index (χ1n) is 6.36. The Morgan fingerprint density at radius 1 is 1.17 bits per heavy atom. The molecule has 3 nitrogen and oxygen atoms in total. The number of hydrogen-bond donors (Lipinski definition) is 0. The van der Waals surface area contributed by atoms with Gasteiger partial charge in [0.05, 0.1) is 0 Å². The molecule has 0 saturated carbocycles. The van der Waals surface area contributed by atoms with Crippen LogP contribution in [0.2, 0.25) is 0 Å². The molecule has 0 aliphatic rings. The molecular weight excluding hydrogens is 246 g/mol. The molecule has 0 bridgehead atoms. The van der Waals surface area contributed by atoms with Gasteiger partial charge in [0.1, 0.15) is 5.82 Å². The zero-order chi connectivity index (χ0) is 13.7. The maximum atomic E-state index is 5.95. The second kappa shape index (κ2) is 6.95. The summed E-state index contributed by atoms with van der Waals surface area (Å²) in [4.78, 5) is 9.06. The summed E-state index contributed by atoms with van der Waals surface area (Å²) in [5.41, 5.74) is 2.25. The number of anilines is 1. The van der Waals surface area contributed by atoms with Crippen molar-refractivity contribution < 1.29 is 0 Å². The average Bonchev–Trinajstić information content (AvgIpc) is 2.35. The van der Waals surface area contributed by atoms with Crippen molar-refractivity contribution in [2.75, 3.05) is 39.1 Å². The highest BCUT2D eigenvalue weighted by molar-refractivity contribution is 6.17. The largest absolute Gasteiger partial charge is 0.358 e. The van der Waals surface area contributed by atoms with Crippen LogP contribution in [0.25, 0.3) is 0 Å². The van der Waals surface area contributed by atoms with Crippen molar-refractivity contribution in [3.8, 4) is 0 Å². The predicted octanol–water partition coefficient (Wildman–Crippen LogP) is 2.94. The second-order valence-corrected chi connectivity index (χ2v) is 5.54. The Bertz CT molecular complexity index is 377. The van der Waals surface area contributed by atoms with E-state index in [-0.39, 0.29) is 0 Å². The van der Waals surface area contributed by atoms with Gasteiger partial charge in [-0.15, -0.1) is 11.6 Å². The highest BCUT2D eigenvalue weighted by Gasteiger charge is 2.09. The van der Waals surface area contributed by atoms with Crippen LogP contribution in [0.3, 0.4) is 0 Å². The molecule has 0 unspecified atom stereocenters. The predicted molar refractivity (Wildman–Crippen MR) is 79.7 cm³/mol. The van der Waals surface area contributed by atoms with Gasteiger partial charge in [0, 0.05) is 31.7 Å². The first-order valence-corrected chi connectivity index (χ1v) is 6.90. The minimum Gasteiger partial charge on any atom is -0.358 e. The Morgan fingerprint density at radius 2 is 1.83 bits per heavy atom. The van der Waals surface area contributed by atoms with Gasteiger partial charge >= 0.3 is 0 Å². The van der Waals surface area contributed by atoms with Gasteiger partial charge in [0.2, 0.25) is 0 Å². The maximum absolute atomic E-state index is 5.95. The average molecular weight is 270 g/mol. The van der Waals surface area contributed by atoms with Crippen LogP contribution in [0.1, 0.15) is 31.0 Å². The maximum Gasteiger partial charge on any atom is 0.128 e. The highest BCUT2D eigenvalue weighted by atomic mass is 35.5. The fourth-order valence-corrected chi connectivity index (χ4v) is 1.78. The van der Waals surface area contributed by atoms with Gasteiger partial charge in [-0.25, -0.2) is 4.98 Å². The SMILES string of the molecule is CC(C)c1cc(CCl)cc(N(C)CCN(C)C)n1. The number of alkyl halides is 1. The summed E-state index contributed by atoms with van der Waals surface area (Å²) in [6.45, 7) is 6.29. The molecule has 0 atom stereocenters. The van der Waals surface area contributed by atoms with Crippen LogP contribution in [-0.2, 0) is 5.88 Å². The first kappa shape index (κ1) is 15.3. The molecule has 4 heteroatoms. The summed E-state index contributed by atoms with van der Waals surface area (Å²) in [6, 6.07) is 4.18. The first-order chi connectivity index (χ1) is 8.43. The third-order valence-corrected chi connectivity index (χ3v) is 3.22. The summed E-state index contributed by atoms with van der Waals surface area (Å²) < 4.78 is 0. The molecule has 1 aromatic heterocycles. The zero-order valence-electron chi connectivity index (χ0n) is 12.1. The fraction of sp³-hybridized carbons (Fsp3) is 0.643. The van der Waals surface area contributed by atoms with Crippen LogP contribution in [0.4, 0.5) is 5.82 Å². The van der Waals surface area contributed by atoms with E-state index in [9.17, 15) is 0 Å². The quantitative estimate of drug-likeness (QED) is 0.741. The third kappa shape index (κ3) is 4.46. The van der Waals surface area contributed by atoms with Crippen molar-refractivity contribution >= 4 is 17.4 Å². The molecule has 1 aromatic rings. The van der Waals surface area contributed by atoms with E-state index in [2.05, 4.69) is 56.9 Å². The topological polar surface area (TPSA) is 19.4 Å². The van der Waals surface area contributed by atoms with Crippen LogP contribution in [-0.4, -0.2) is 44.1 Å². The van der Waals surface area contributed by atoms with Crippen molar-refractivity contribution in [1.29, 1.82) is 0 Å². The summed E-state index contributed by atoms with van der Waals surface area (Å²) in [5.74, 6) is 1.98. The van der Waals surface area contributed by atoms with E-state index in [1.165, 1.54) is 0 Å². The zero-order valence-corrected chi connectivity index (χ0v) is 12.8. The summed E-state index contributed by atoms with van der Waals surface area (Å²) >= 11 is 5.95. The normalized spacial score (nSPS) is 11.3. The van der Waals surface area contributed by atoms with E-state index >= 15 is 0 Å². The van der Waals surface area contributed by atoms with Crippen molar-refractivity contribution in [1.82, 2.24) is 9.88 Å². The van der Waals surface area contributed by atoms with E-state index in [4.69, 9.17) is 16.6 Å². The lowest BCUT2D eigenvalue weighted by Crippen LogP contribution is -2.29. The number of rotatable bonds is 6. The minimum atomic E-state index is 0.425. The third-order valence-electron chi connectivity index (χ3n) is 2.91. The van der Waals surface area contributed by atoms with Gasteiger partial charge in [-0.2, -0.15) is 0 Å². The van der Waals surface area contributed by atoms with Gasteiger partial charge in [-0.3, -0.25) is 0 Å². The molecule has 0 radical (unpaired) electrons. The molecule has 1 heterocycles. The number of halogens is 1. The van der Waals surface area contributed by atoms with Gasteiger partial charge in [0.25, 0.3) is 0 Å². The molecule has 0 aliphatic carbocycles. The summed E-state index contributed by atoms with van der Waals surface area (Å²) in [5, 5.41) is 0. The molecule has 18 heavy (non-hydrogen) atoms. The van der Waals surface area contributed by atoms with E-state index in [1.54, 1.807) is 0 Å². The minimum absolute atomic E-state index is 0.425. The van der Waals surface area contributed by atoms with Gasteiger partial charge in [-0.05, 0) is 37.7 Å². The Kier molecular flexibility index (Phi) is 5.89. The van der Waals surface area contributed by atoms with Crippen molar-refractivity contribution in [3.63, 3.8) is 0 Å². The van der Waals surface area contributed by atoms with Crippen LogP contribution in [0.5, 0.6) is 0 Å². The molecule has 0 saturated heterocycles. The van der Waals surface area contributed by atoms with Gasteiger partial charge < -0.3 is 9.80 Å². The van der Waals surface area contributed by atoms with Crippen LogP contribution in [0.15, 0.2) is 12.1 Å². The van der Waals surface area contributed by atoms with Crippen molar-refractivity contribution in [3.05, 3.63) is 23.4 Å². The lowest BCUT2D eigenvalue weighted by molar-refractivity contribution is 0.416. The summed E-state index contributed by atoms with van der Waals surface area (Å²) in [6.07, 6.45) is 0. The van der Waals surface area contributed by atoms with Crippen LogP contribution < -0.4 is 4.90 Å². The summed E-state index contributed by atoms with van der Waals surface area (Å²) in [7, 11) is 6.24. The molecule has 1 rings (SSSR count). The standard InChI is InChI=1S/C14H24ClN3/c1-11(2)13-8-12(10-15)9-14(16-13)18(5)7-6-17(3)4/h8-9,11H,6-7,10H2,1-5H3. The number of hydrogen-bond acceptors (Lipinski definition) is 3. The highest BCUT2D eigenvalue weighted by Crippen LogP contribution is 2.20. The molecule has 0 amide bonds. The van der Waals surface area contributed by atoms with Crippen molar-refractivity contribution in [2.24, 2.45) is 0 Å². The molecule has 102 valence electrons. The number of nitrogens with zero attached hydrogens (tertiary/aromatic N) is 3. The molecule has 0 aromatic carbocycles. The molecule has 0 fully saturated rings. The monoisotopic (exact) mass is 269 g/mol. The number of aromatic nitrogens is 1. The smallest absolute Gasteiger partial charge is 0.128 e. The van der Waals surface area contributed by atoms with E-state index < -0.39 is 0 Å². The molecule has 0 N–H and O–H groups in total. The van der Waals surface area contributed by atoms with E-state index in [0.29, 0.717) is 11.8 Å². The van der Waals surface area contributed by atoms with Crippen molar-refractivity contribution in [2.45, 2.75) is 25.6 Å². The lowest BCUT2D eigenvalue weighted by atomic mass is 10.1. The molecule has 0 aliphatic heterocycles. The Hall–Kier alpha value is -0.800. The Balaban J connectivity index is 2.89. The van der Waals surface area contributed by atoms with Crippen LogP contribution >= 0.6 is 11.6 Å². The van der Waals surface area contributed by atoms with Gasteiger partial charge in [0.15, 0.2) is 0 Å². The Labute approximate surface area is 116 Å². The number of pyridine rings is 1. The van der Waals surface area contributed by atoms with Crippen LogP contribution in [0, 0.1) is 0 Å². The Morgan fingerprint density at radius 3 is 2.33 bits per heavy atom. The second-order valence-electron chi connectivity index (χ2n) is 5.27. The van der Waals surface area contributed by atoms with E-state index in [0.717, 1.165) is 30.2 Å². The number of likely N-dealkylation sites (N-methyl/N-ethyl adjacent to an activating group) is 2. The fourth-order valence-electron chi connectivity index (χ4n) is 1.63. The van der Waals surface area contributed by atoms with Gasteiger partial charge in [-0.1, -0.05) is 13.8 Å². The lowest BCUT2D eigenvalue weighted by Gasteiger charge is -2.22. The molecular formula is C14H24ClN3. The molecule has 0 spiro atoms.